The molecular formula is C14H29NO6. The van der Waals surface area contributed by atoms with Gasteiger partial charge >= 0.3 is 0 Å². The third kappa shape index (κ3) is 12.0. The first-order chi connectivity index (χ1) is 10.4. The molecule has 0 aromatic rings. The average molecular weight is 307 g/mol. The molecule has 0 saturated carbocycles. The second kappa shape index (κ2) is 14.6. The topological polar surface area (TPSA) is 58.6 Å². The van der Waals surface area contributed by atoms with Crippen molar-refractivity contribution in [1.29, 1.82) is 0 Å². The number of nitrogens with zero attached hydrogens (tertiary/aromatic N) is 1. The highest BCUT2D eigenvalue weighted by Gasteiger charge is 2.09. The minimum absolute atomic E-state index is 0.580. The van der Waals surface area contributed by atoms with Crippen LogP contribution < -0.4 is 0 Å². The first-order valence-corrected chi connectivity index (χ1v) is 7.53. The molecule has 0 aliphatic carbocycles. The van der Waals surface area contributed by atoms with Crippen molar-refractivity contribution < 1.29 is 28.4 Å². The Morgan fingerprint density at radius 3 is 1.71 bits per heavy atom. The molecule has 0 amide bonds. The van der Waals surface area contributed by atoms with Gasteiger partial charge in [-0.2, -0.15) is 0 Å². The molecule has 1 rings (SSSR count). The SMILES string of the molecule is COCCOCCOCCOCCOCN1CCOCC1. The maximum Gasteiger partial charge on any atom is 0.0992 e. The number of ether oxygens (including phenoxy) is 6. The number of methoxy groups -OCH3 is 1. The second-order valence-electron chi connectivity index (χ2n) is 4.60. The van der Waals surface area contributed by atoms with E-state index in [1.165, 1.54) is 0 Å². The van der Waals surface area contributed by atoms with Gasteiger partial charge in [0, 0.05) is 20.2 Å². The zero-order valence-corrected chi connectivity index (χ0v) is 13.1. The maximum absolute atomic E-state index is 5.53. The largest absolute Gasteiger partial charge is 0.382 e. The first-order valence-electron chi connectivity index (χ1n) is 7.53. The summed E-state index contributed by atoms with van der Waals surface area (Å²) in [4.78, 5) is 2.23. The fourth-order valence-electron chi connectivity index (χ4n) is 1.73. The number of hydrogen-bond donors (Lipinski definition) is 0. The van der Waals surface area contributed by atoms with Crippen LogP contribution in [0.3, 0.4) is 0 Å². The third-order valence-corrected chi connectivity index (χ3v) is 2.93. The minimum atomic E-state index is 0.580. The highest BCUT2D eigenvalue weighted by atomic mass is 16.6. The highest BCUT2D eigenvalue weighted by Crippen LogP contribution is 1.96. The van der Waals surface area contributed by atoms with Gasteiger partial charge in [0.15, 0.2) is 0 Å². The predicted molar refractivity (Wildman–Crippen MR) is 77.5 cm³/mol. The van der Waals surface area contributed by atoms with Crippen molar-refractivity contribution in [3.63, 3.8) is 0 Å². The zero-order chi connectivity index (χ0) is 15.0. The molecule has 0 aromatic carbocycles. The van der Waals surface area contributed by atoms with Gasteiger partial charge in [0.05, 0.1) is 72.8 Å². The van der Waals surface area contributed by atoms with Crippen molar-refractivity contribution in [3.8, 4) is 0 Å². The smallest absolute Gasteiger partial charge is 0.0992 e. The van der Waals surface area contributed by atoms with Crippen LogP contribution in [0, 0.1) is 0 Å². The van der Waals surface area contributed by atoms with Crippen LogP contribution in [0.5, 0.6) is 0 Å². The van der Waals surface area contributed by atoms with Crippen LogP contribution in [-0.2, 0) is 28.4 Å². The van der Waals surface area contributed by atoms with Gasteiger partial charge < -0.3 is 28.4 Å². The molecule has 0 spiro atoms. The molecule has 1 fully saturated rings. The highest BCUT2D eigenvalue weighted by molar-refractivity contribution is 4.56. The summed E-state index contributed by atoms with van der Waals surface area (Å²) in [7, 11) is 1.65. The van der Waals surface area contributed by atoms with Gasteiger partial charge in [-0.25, -0.2) is 0 Å². The normalized spacial score (nSPS) is 16.4. The van der Waals surface area contributed by atoms with E-state index < -0.39 is 0 Å². The molecule has 0 atom stereocenters. The second-order valence-corrected chi connectivity index (χ2v) is 4.60. The van der Waals surface area contributed by atoms with Crippen molar-refractivity contribution in [2.24, 2.45) is 0 Å². The standard InChI is InChI=1S/C14H29NO6/c1-16-6-7-18-8-9-19-10-11-20-12-13-21-14-15-2-4-17-5-3-15/h2-14H2,1H3. The van der Waals surface area contributed by atoms with Crippen molar-refractivity contribution in [1.82, 2.24) is 4.90 Å². The molecule has 126 valence electrons. The van der Waals surface area contributed by atoms with Crippen LogP contribution in [-0.4, -0.2) is 97.9 Å². The lowest BCUT2D eigenvalue weighted by Crippen LogP contribution is -2.38. The summed E-state index contributed by atoms with van der Waals surface area (Å²) < 4.78 is 31.7. The van der Waals surface area contributed by atoms with Crippen molar-refractivity contribution >= 4 is 0 Å². The predicted octanol–water partition coefficient (Wildman–Crippen LogP) is -0.0111. The van der Waals surface area contributed by atoms with E-state index in [0.717, 1.165) is 26.3 Å². The van der Waals surface area contributed by atoms with E-state index in [1.54, 1.807) is 7.11 Å². The minimum Gasteiger partial charge on any atom is -0.382 e. The van der Waals surface area contributed by atoms with E-state index in [1.807, 2.05) is 0 Å². The molecule has 7 heteroatoms. The lowest BCUT2D eigenvalue weighted by atomic mass is 10.5. The molecule has 1 aliphatic heterocycles. The number of hydrogen-bond acceptors (Lipinski definition) is 7. The molecule has 0 bridgehead atoms. The lowest BCUT2D eigenvalue weighted by Gasteiger charge is -2.26. The van der Waals surface area contributed by atoms with E-state index in [-0.39, 0.29) is 0 Å². The van der Waals surface area contributed by atoms with Crippen LogP contribution >= 0.6 is 0 Å². The summed E-state index contributed by atoms with van der Waals surface area (Å²) in [5.41, 5.74) is 0. The summed E-state index contributed by atoms with van der Waals surface area (Å²) in [5, 5.41) is 0. The van der Waals surface area contributed by atoms with Crippen LogP contribution in [0.1, 0.15) is 0 Å². The van der Waals surface area contributed by atoms with Gasteiger partial charge in [-0.1, -0.05) is 0 Å². The molecule has 1 heterocycles. The first kappa shape index (κ1) is 18.8. The molecular weight excluding hydrogens is 278 g/mol. The summed E-state index contributed by atoms with van der Waals surface area (Å²) >= 11 is 0. The van der Waals surface area contributed by atoms with E-state index in [2.05, 4.69) is 4.90 Å². The van der Waals surface area contributed by atoms with E-state index in [9.17, 15) is 0 Å². The molecule has 1 aliphatic rings. The van der Waals surface area contributed by atoms with Crippen LogP contribution in [0.2, 0.25) is 0 Å². The Hall–Kier alpha value is -0.280. The van der Waals surface area contributed by atoms with E-state index in [4.69, 9.17) is 28.4 Å². The van der Waals surface area contributed by atoms with Gasteiger partial charge in [0.2, 0.25) is 0 Å². The number of morpholine rings is 1. The Balaban J connectivity index is 1.69. The molecule has 21 heavy (non-hydrogen) atoms. The average Bonchev–Trinajstić information content (AvgIpc) is 2.53. The molecule has 0 radical (unpaired) electrons. The van der Waals surface area contributed by atoms with Crippen molar-refractivity contribution in [2.75, 3.05) is 93.0 Å². The summed E-state index contributed by atoms with van der Waals surface area (Å²) in [6.07, 6.45) is 0. The van der Waals surface area contributed by atoms with Crippen LogP contribution in [0.25, 0.3) is 0 Å². The Labute approximate surface area is 127 Å². The summed E-state index contributed by atoms with van der Waals surface area (Å²) in [6, 6.07) is 0. The molecule has 1 saturated heterocycles. The summed E-state index contributed by atoms with van der Waals surface area (Å²) in [5.74, 6) is 0. The van der Waals surface area contributed by atoms with Gasteiger partial charge in [-0.05, 0) is 0 Å². The Morgan fingerprint density at radius 2 is 1.19 bits per heavy atom. The quantitative estimate of drug-likeness (QED) is 0.418. The van der Waals surface area contributed by atoms with E-state index >= 15 is 0 Å². The van der Waals surface area contributed by atoms with Crippen LogP contribution in [0.4, 0.5) is 0 Å². The Kier molecular flexibility index (Phi) is 13.1. The van der Waals surface area contributed by atoms with Crippen LogP contribution in [0.15, 0.2) is 0 Å². The monoisotopic (exact) mass is 307 g/mol. The van der Waals surface area contributed by atoms with E-state index in [0.29, 0.717) is 59.6 Å². The van der Waals surface area contributed by atoms with Crippen molar-refractivity contribution in [2.45, 2.75) is 0 Å². The van der Waals surface area contributed by atoms with Crippen molar-refractivity contribution in [3.05, 3.63) is 0 Å². The van der Waals surface area contributed by atoms with Gasteiger partial charge in [0.25, 0.3) is 0 Å². The fraction of sp³-hybridized carbons (Fsp3) is 1.00. The summed E-state index contributed by atoms with van der Waals surface area (Å²) in [6.45, 7) is 8.91. The number of rotatable bonds is 14. The Morgan fingerprint density at radius 1 is 0.714 bits per heavy atom. The van der Waals surface area contributed by atoms with Gasteiger partial charge in [-0.3, -0.25) is 4.90 Å². The Bertz CT molecular complexity index is 214. The molecule has 0 N–H and O–H groups in total. The maximum atomic E-state index is 5.53. The van der Waals surface area contributed by atoms with Gasteiger partial charge in [0.1, 0.15) is 0 Å². The van der Waals surface area contributed by atoms with Gasteiger partial charge in [-0.15, -0.1) is 0 Å². The third-order valence-electron chi connectivity index (χ3n) is 2.93. The fourth-order valence-corrected chi connectivity index (χ4v) is 1.73. The molecule has 0 unspecified atom stereocenters. The lowest BCUT2D eigenvalue weighted by molar-refractivity contribution is -0.0511. The molecule has 0 aromatic heterocycles. The molecule has 7 nitrogen and oxygen atoms in total. The zero-order valence-electron chi connectivity index (χ0n) is 13.1.